The van der Waals surface area contributed by atoms with E-state index in [0.29, 0.717) is 24.0 Å². The molecule has 0 radical (unpaired) electrons. The molecule has 0 bridgehead atoms. The van der Waals surface area contributed by atoms with Crippen molar-refractivity contribution in [3.63, 3.8) is 0 Å². The summed E-state index contributed by atoms with van der Waals surface area (Å²) in [4.78, 5) is 10.8. The van der Waals surface area contributed by atoms with Crippen molar-refractivity contribution in [2.24, 2.45) is 0 Å². The van der Waals surface area contributed by atoms with Gasteiger partial charge in [-0.15, -0.1) is 10.2 Å². The first-order valence-corrected chi connectivity index (χ1v) is 5.39. The minimum atomic E-state index is -0.266. The van der Waals surface area contributed by atoms with E-state index in [2.05, 4.69) is 32.6 Å². The van der Waals surface area contributed by atoms with Crippen LogP contribution in [0.2, 0.25) is 0 Å². The van der Waals surface area contributed by atoms with Crippen molar-refractivity contribution in [2.75, 3.05) is 6.54 Å². The molecule has 2 N–H and O–H groups in total. The molecule has 2 aromatic heterocycles. The number of nitrogens with zero attached hydrogens (tertiary/aromatic N) is 3. The van der Waals surface area contributed by atoms with E-state index in [0.717, 1.165) is 13.0 Å². The second-order valence-electron chi connectivity index (χ2n) is 3.48. The predicted molar refractivity (Wildman–Crippen MR) is 60.1 cm³/mol. The van der Waals surface area contributed by atoms with Crippen LogP contribution in [-0.2, 0) is 6.54 Å². The highest BCUT2D eigenvalue weighted by Crippen LogP contribution is 2.12. The smallest absolute Gasteiger partial charge is 0.268 e. The molecule has 0 atom stereocenters. The number of hydrogen-bond acceptors (Lipinski definition) is 6. The molecule has 7 nitrogen and oxygen atoms in total. The summed E-state index contributed by atoms with van der Waals surface area (Å²) in [5, 5.41) is 17.0. The Labute approximate surface area is 97.3 Å². The average molecular weight is 235 g/mol. The van der Waals surface area contributed by atoms with Crippen LogP contribution in [0.3, 0.4) is 0 Å². The number of aromatic amines is 1. The van der Waals surface area contributed by atoms with Gasteiger partial charge in [0.25, 0.3) is 11.4 Å². The summed E-state index contributed by atoms with van der Waals surface area (Å²) in [6.07, 6.45) is 1.04. The maximum absolute atomic E-state index is 10.8. The van der Waals surface area contributed by atoms with Crippen LogP contribution < -0.4 is 10.9 Å². The minimum Gasteiger partial charge on any atom is -0.418 e. The van der Waals surface area contributed by atoms with Crippen molar-refractivity contribution in [2.45, 2.75) is 19.9 Å². The number of nitrogens with one attached hydrogen (secondary N) is 2. The molecule has 0 saturated carbocycles. The summed E-state index contributed by atoms with van der Waals surface area (Å²) in [6.45, 7) is 3.51. The van der Waals surface area contributed by atoms with Crippen molar-refractivity contribution >= 4 is 0 Å². The lowest BCUT2D eigenvalue weighted by Gasteiger charge is -1.96. The first-order valence-electron chi connectivity index (χ1n) is 5.39. The van der Waals surface area contributed by atoms with E-state index in [4.69, 9.17) is 4.42 Å². The first-order chi connectivity index (χ1) is 8.29. The molecular formula is C10H13N5O2. The second-order valence-corrected chi connectivity index (χ2v) is 3.48. The zero-order valence-corrected chi connectivity index (χ0v) is 9.43. The van der Waals surface area contributed by atoms with E-state index in [1.807, 2.05) is 0 Å². The van der Waals surface area contributed by atoms with E-state index in [1.165, 1.54) is 12.1 Å². The van der Waals surface area contributed by atoms with Gasteiger partial charge in [-0.2, -0.15) is 5.10 Å². The fourth-order valence-corrected chi connectivity index (χ4v) is 1.26. The van der Waals surface area contributed by atoms with Crippen molar-refractivity contribution < 1.29 is 4.42 Å². The lowest BCUT2D eigenvalue weighted by atomic mass is 10.4. The SMILES string of the molecule is CCCNCc1nnc(-c2ccc(=O)[nH]n2)o1. The molecule has 90 valence electrons. The van der Waals surface area contributed by atoms with Gasteiger partial charge in [-0.25, -0.2) is 5.10 Å². The van der Waals surface area contributed by atoms with Gasteiger partial charge in [0.2, 0.25) is 5.89 Å². The molecule has 2 heterocycles. The molecule has 0 unspecified atom stereocenters. The highest BCUT2D eigenvalue weighted by atomic mass is 16.4. The van der Waals surface area contributed by atoms with Crippen LogP contribution in [0.4, 0.5) is 0 Å². The summed E-state index contributed by atoms with van der Waals surface area (Å²) < 4.78 is 5.39. The van der Waals surface area contributed by atoms with Crippen LogP contribution in [0, 0.1) is 0 Å². The third-order valence-corrected chi connectivity index (χ3v) is 2.07. The minimum absolute atomic E-state index is 0.266. The topological polar surface area (TPSA) is 96.7 Å². The molecular weight excluding hydrogens is 222 g/mol. The third kappa shape index (κ3) is 2.97. The van der Waals surface area contributed by atoms with E-state index >= 15 is 0 Å². The summed E-state index contributed by atoms with van der Waals surface area (Å²) in [5.41, 5.74) is 0.192. The van der Waals surface area contributed by atoms with Gasteiger partial charge in [0.05, 0.1) is 6.54 Å². The maximum atomic E-state index is 10.8. The normalized spacial score (nSPS) is 10.6. The van der Waals surface area contributed by atoms with Crippen LogP contribution in [-0.4, -0.2) is 26.9 Å². The Balaban J connectivity index is 2.07. The Morgan fingerprint density at radius 2 is 2.29 bits per heavy atom. The first kappa shape index (κ1) is 11.5. The quantitative estimate of drug-likeness (QED) is 0.724. The maximum Gasteiger partial charge on any atom is 0.268 e. The highest BCUT2D eigenvalue weighted by Gasteiger charge is 2.09. The summed E-state index contributed by atoms with van der Waals surface area (Å²) in [5.74, 6) is 0.802. The van der Waals surface area contributed by atoms with E-state index in [-0.39, 0.29) is 5.56 Å². The van der Waals surface area contributed by atoms with Gasteiger partial charge in [0.1, 0.15) is 5.69 Å². The Kier molecular flexibility index (Phi) is 3.61. The van der Waals surface area contributed by atoms with E-state index in [9.17, 15) is 4.79 Å². The molecule has 0 aromatic carbocycles. The van der Waals surface area contributed by atoms with Crippen molar-refractivity contribution in [1.29, 1.82) is 0 Å². The van der Waals surface area contributed by atoms with Crippen molar-refractivity contribution in [1.82, 2.24) is 25.7 Å². The standard InChI is InChI=1S/C10H13N5O2/c1-2-5-11-6-9-14-15-10(17-9)7-3-4-8(16)13-12-7/h3-4,11H,2,5-6H2,1H3,(H,13,16). The fourth-order valence-electron chi connectivity index (χ4n) is 1.26. The van der Waals surface area contributed by atoms with E-state index in [1.54, 1.807) is 0 Å². The lowest BCUT2D eigenvalue weighted by molar-refractivity contribution is 0.476. The zero-order chi connectivity index (χ0) is 12.1. The van der Waals surface area contributed by atoms with E-state index < -0.39 is 0 Å². The summed E-state index contributed by atoms with van der Waals surface area (Å²) in [7, 11) is 0. The van der Waals surface area contributed by atoms with Crippen LogP contribution >= 0.6 is 0 Å². The molecule has 0 aliphatic rings. The lowest BCUT2D eigenvalue weighted by Crippen LogP contribution is -2.13. The second kappa shape index (κ2) is 5.35. The Hall–Kier alpha value is -2.02. The van der Waals surface area contributed by atoms with Gasteiger partial charge >= 0.3 is 0 Å². The molecule has 0 amide bonds. The van der Waals surface area contributed by atoms with Gasteiger partial charge in [0.15, 0.2) is 0 Å². The molecule has 0 aliphatic carbocycles. The van der Waals surface area contributed by atoms with Gasteiger partial charge in [0, 0.05) is 6.07 Å². The summed E-state index contributed by atoms with van der Waals surface area (Å²) in [6, 6.07) is 2.90. The van der Waals surface area contributed by atoms with Crippen molar-refractivity contribution in [3.05, 3.63) is 28.4 Å². The van der Waals surface area contributed by atoms with Crippen LogP contribution in [0.5, 0.6) is 0 Å². The largest absolute Gasteiger partial charge is 0.418 e. The Morgan fingerprint density at radius 3 is 3.00 bits per heavy atom. The fraction of sp³-hybridized carbons (Fsp3) is 0.400. The molecule has 0 spiro atoms. The monoisotopic (exact) mass is 235 g/mol. The Morgan fingerprint density at radius 1 is 1.41 bits per heavy atom. The van der Waals surface area contributed by atoms with Crippen molar-refractivity contribution in [3.8, 4) is 11.6 Å². The van der Waals surface area contributed by atoms with Gasteiger partial charge < -0.3 is 9.73 Å². The summed E-state index contributed by atoms with van der Waals surface area (Å²) >= 11 is 0. The molecule has 17 heavy (non-hydrogen) atoms. The number of hydrogen-bond donors (Lipinski definition) is 2. The number of aromatic nitrogens is 4. The Bertz CT molecular complexity index is 513. The zero-order valence-electron chi connectivity index (χ0n) is 9.43. The van der Waals surface area contributed by atoms with Gasteiger partial charge in [-0.1, -0.05) is 6.92 Å². The van der Waals surface area contributed by atoms with Crippen LogP contribution in [0.1, 0.15) is 19.2 Å². The molecule has 2 rings (SSSR count). The van der Waals surface area contributed by atoms with Crippen LogP contribution in [0.25, 0.3) is 11.6 Å². The predicted octanol–water partition coefficient (Wildman–Crippen LogP) is 0.319. The molecule has 0 fully saturated rings. The molecule has 0 saturated heterocycles. The van der Waals surface area contributed by atoms with Crippen LogP contribution in [0.15, 0.2) is 21.3 Å². The van der Waals surface area contributed by atoms with Gasteiger partial charge in [-0.05, 0) is 19.0 Å². The van der Waals surface area contributed by atoms with Gasteiger partial charge in [-0.3, -0.25) is 4.79 Å². The molecule has 0 aliphatic heterocycles. The molecule has 2 aromatic rings. The third-order valence-electron chi connectivity index (χ3n) is 2.07. The number of rotatable bonds is 5. The highest BCUT2D eigenvalue weighted by molar-refractivity contribution is 5.43. The molecule has 7 heteroatoms. The number of H-pyrrole nitrogens is 1. The average Bonchev–Trinajstić information content (AvgIpc) is 2.79.